The van der Waals surface area contributed by atoms with Gasteiger partial charge in [-0.15, -0.1) is 0 Å². The van der Waals surface area contributed by atoms with E-state index in [0.29, 0.717) is 24.6 Å². The zero-order chi connectivity index (χ0) is 30.1. The number of aliphatic hydroxyl groups is 1. The quantitative estimate of drug-likeness (QED) is 0.267. The minimum atomic E-state index is -0.758. The first-order valence-corrected chi connectivity index (χ1v) is 14.9. The SMILES string of the molecule is CCCc1c(Cc2ccc(-c3ccccc3-c3noc(=O)[nH]3)cc2)c(=O)n(C2CCN(CC(C)(C)O)CC2)c2ncnn12. The van der Waals surface area contributed by atoms with Crippen LogP contribution in [0.1, 0.15) is 62.9 Å². The number of nitrogens with one attached hydrogen (secondary N) is 1. The highest BCUT2D eigenvalue weighted by molar-refractivity contribution is 5.80. The van der Waals surface area contributed by atoms with Crippen LogP contribution in [0.5, 0.6) is 0 Å². The summed E-state index contributed by atoms with van der Waals surface area (Å²) in [5, 5.41) is 18.7. The molecule has 0 amide bonds. The van der Waals surface area contributed by atoms with Crippen molar-refractivity contribution in [3.05, 3.63) is 92.6 Å². The number of benzene rings is 2. The molecule has 5 aromatic rings. The van der Waals surface area contributed by atoms with Gasteiger partial charge in [0.05, 0.1) is 11.3 Å². The third-order valence-corrected chi connectivity index (χ3v) is 8.11. The molecule has 0 aliphatic carbocycles. The maximum absolute atomic E-state index is 14.3. The molecule has 1 aliphatic rings. The standard InChI is InChI=1S/C32H37N7O4/c1-4-7-27-26(18-21-10-12-22(13-11-21)24-8-5-6-9-25(24)28-35-31(41)43-36-28)29(40)38(30-33-20-34-39(27)30)23-14-16-37(17-15-23)19-32(2,3)42/h5-6,8-13,20,23,42H,4,7,14-19H2,1-3H3,(H,35,36,41). The highest BCUT2D eigenvalue weighted by Gasteiger charge is 2.29. The van der Waals surface area contributed by atoms with Crippen LogP contribution in [0.15, 0.2) is 69.0 Å². The Bertz CT molecular complexity index is 1830. The van der Waals surface area contributed by atoms with Gasteiger partial charge in [0.2, 0.25) is 5.78 Å². The summed E-state index contributed by atoms with van der Waals surface area (Å²) in [6.45, 7) is 7.97. The van der Waals surface area contributed by atoms with Gasteiger partial charge in [-0.2, -0.15) is 10.1 Å². The zero-order valence-corrected chi connectivity index (χ0v) is 24.8. The lowest BCUT2D eigenvalue weighted by Crippen LogP contribution is -2.44. The Kier molecular flexibility index (Phi) is 7.85. The van der Waals surface area contributed by atoms with Crippen molar-refractivity contribution in [2.24, 2.45) is 0 Å². The predicted molar refractivity (Wildman–Crippen MR) is 163 cm³/mol. The molecule has 1 aliphatic heterocycles. The van der Waals surface area contributed by atoms with E-state index >= 15 is 0 Å². The number of aromatic amines is 1. The van der Waals surface area contributed by atoms with Crippen LogP contribution >= 0.6 is 0 Å². The molecule has 0 saturated carbocycles. The van der Waals surface area contributed by atoms with E-state index in [9.17, 15) is 14.7 Å². The molecule has 1 fully saturated rings. The minimum Gasteiger partial charge on any atom is -0.389 e. The molecule has 6 rings (SSSR count). The first-order valence-electron chi connectivity index (χ1n) is 14.9. The van der Waals surface area contributed by atoms with Gasteiger partial charge in [0.25, 0.3) is 5.56 Å². The van der Waals surface area contributed by atoms with E-state index < -0.39 is 11.4 Å². The Balaban J connectivity index is 1.33. The van der Waals surface area contributed by atoms with Gasteiger partial charge in [0, 0.05) is 43.2 Å². The van der Waals surface area contributed by atoms with E-state index in [1.165, 1.54) is 6.33 Å². The monoisotopic (exact) mass is 583 g/mol. The van der Waals surface area contributed by atoms with Crippen molar-refractivity contribution >= 4 is 5.78 Å². The zero-order valence-electron chi connectivity index (χ0n) is 24.8. The average Bonchev–Trinajstić information content (AvgIpc) is 3.65. The third-order valence-electron chi connectivity index (χ3n) is 8.11. The van der Waals surface area contributed by atoms with E-state index in [1.54, 1.807) is 0 Å². The van der Waals surface area contributed by atoms with Crippen molar-refractivity contribution < 1.29 is 9.63 Å². The van der Waals surface area contributed by atoms with Crippen LogP contribution in [0.4, 0.5) is 0 Å². The number of hydrogen-bond donors (Lipinski definition) is 2. The van der Waals surface area contributed by atoms with Gasteiger partial charge in [0.15, 0.2) is 5.82 Å². The molecule has 1 saturated heterocycles. The van der Waals surface area contributed by atoms with Crippen molar-refractivity contribution in [1.29, 1.82) is 0 Å². The summed E-state index contributed by atoms with van der Waals surface area (Å²) in [5.41, 5.74) is 4.52. The molecule has 11 nitrogen and oxygen atoms in total. The van der Waals surface area contributed by atoms with Crippen LogP contribution < -0.4 is 11.3 Å². The molecule has 0 unspecified atom stereocenters. The van der Waals surface area contributed by atoms with E-state index in [2.05, 4.69) is 32.0 Å². The fourth-order valence-corrected chi connectivity index (χ4v) is 6.25. The Morgan fingerprint density at radius 1 is 1.05 bits per heavy atom. The molecule has 224 valence electrons. The van der Waals surface area contributed by atoms with Crippen LogP contribution in [0.25, 0.3) is 28.3 Å². The second-order valence-corrected chi connectivity index (χ2v) is 12.0. The van der Waals surface area contributed by atoms with Crippen LogP contribution in [-0.2, 0) is 12.8 Å². The molecule has 3 aromatic heterocycles. The number of nitrogens with zero attached hydrogens (tertiary/aromatic N) is 6. The molecule has 0 atom stereocenters. The van der Waals surface area contributed by atoms with E-state index in [4.69, 9.17) is 4.52 Å². The van der Waals surface area contributed by atoms with E-state index in [1.807, 2.05) is 71.5 Å². The van der Waals surface area contributed by atoms with Crippen molar-refractivity contribution in [1.82, 2.24) is 34.2 Å². The largest absolute Gasteiger partial charge is 0.439 e. The maximum Gasteiger partial charge on any atom is 0.439 e. The lowest BCUT2D eigenvalue weighted by molar-refractivity contribution is 0.0251. The number of H-pyrrole nitrogens is 1. The van der Waals surface area contributed by atoms with E-state index in [-0.39, 0.29) is 11.6 Å². The van der Waals surface area contributed by atoms with Crippen molar-refractivity contribution in [3.63, 3.8) is 0 Å². The number of likely N-dealkylation sites (tertiary alicyclic amines) is 1. The fourth-order valence-electron chi connectivity index (χ4n) is 6.25. The topological polar surface area (TPSA) is 135 Å². The Morgan fingerprint density at radius 2 is 1.77 bits per heavy atom. The third kappa shape index (κ3) is 5.95. The normalized spacial score (nSPS) is 15.0. The summed E-state index contributed by atoms with van der Waals surface area (Å²) in [6, 6.07) is 15.8. The van der Waals surface area contributed by atoms with Gasteiger partial charge < -0.3 is 10.0 Å². The summed E-state index contributed by atoms with van der Waals surface area (Å²) in [6.07, 6.45) is 5.20. The highest BCUT2D eigenvalue weighted by Crippen LogP contribution is 2.30. The predicted octanol–water partition coefficient (Wildman–Crippen LogP) is 3.85. The van der Waals surface area contributed by atoms with Crippen LogP contribution in [-0.4, -0.2) is 64.5 Å². The number of fused-ring (bicyclic) bond motifs is 1. The van der Waals surface area contributed by atoms with Gasteiger partial charge in [-0.1, -0.05) is 67.0 Å². The Hall–Kier alpha value is -4.35. The van der Waals surface area contributed by atoms with Crippen LogP contribution in [0.2, 0.25) is 0 Å². The second kappa shape index (κ2) is 11.7. The highest BCUT2D eigenvalue weighted by atomic mass is 16.5. The van der Waals surface area contributed by atoms with Crippen molar-refractivity contribution in [2.75, 3.05) is 19.6 Å². The van der Waals surface area contributed by atoms with Gasteiger partial charge in [0.1, 0.15) is 6.33 Å². The second-order valence-electron chi connectivity index (χ2n) is 12.0. The smallest absolute Gasteiger partial charge is 0.389 e. The molecule has 4 heterocycles. The first-order chi connectivity index (χ1) is 20.7. The minimum absolute atomic E-state index is 0.00528. The van der Waals surface area contributed by atoms with Crippen molar-refractivity contribution in [2.45, 2.75) is 64.5 Å². The first kappa shape index (κ1) is 28.8. The summed E-state index contributed by atoms with van der Waals surface area (Å²) in [4.78, 5) is 35.2. The molecular formula is C32H37N7O4. The Labute approximate surface area is 248 Å². The summed E-state index contributed by atoms with van der Waals surface area (Å²) in [5.74, 6) is 0.371. The molecule has 11 heteroatoms. The number of β-amino-alcohol motifs (C(OH)–C–C–N with tert-alkyl or cyclic N) is 1. The number of rotatable bonds is 9. The average molecular weight is 584 g/mol. The van der Waals surface area contributed by atoms with Crippen LogP contribution in [0.3, 0.4) is 0 Å². The lowest BCUT2D eigenvalue weighted by atomic mass is 9.96. The molecule has 2 aromatic carbocycles. The summed E-state index contributed by atoms with van der Waals surface area (Å²) < 4.78 is 8.43. The van der Waals surface area contributed by atoms with Gasteiger partial charge in [-0.05, 0) is 49.8 Å². The van der Waals surface area contributed by atoms with E-state index in [0.717, 1.165) is 72.3 Å². The van der Waals surface area contributed by atoms with Gasteiger partial charge >= 0.3 is 5.76 Å². The molecule has 0 radical (unpaired) electrons. The number of hydrogen-bond acceptors (Lipinski definition) is 8. The molecule has 2 N–H and O–H groups in total. The molecule has 43 heavy (non-hydrogen) atoms. The molecular weight excluding hydrogens is 546 g/mol. The fraction of sp³-hybridized carbons (Fsp3) is 0.406. The molecule has 0 spiro atoms. The van der Waals surface area contributed by atoms with Crippen molar-refractivity contribution in [3.8, 4) is 22.5 Å². The number of aromatic nitrogens is 6. The summed E-state index contributed by atoms with van der Waals surface area (Å²) >= 11 is 0. The number of aryl methyl sites for hydroxylation is 1. The molecule has 0 bridgehead atoms. The summed E-state index contributed by atoms with van der Waals surface area (Å²) in [7, 11) is 0. The van der Waals surface area contributed by atoms with Gasteiger partial charge in [-0.3, -0.25) is 18.9 Å². The maximum atomic E-state index is 14.3. The Morgan fingerprint density at radius 3 is 2.42 bits per heavy atom. The van der Waals surface area contributed by atoms with Crippen LogP contribution in [0, 0.1) is 0 Å². The lowest BCUT2D eigenvalue weighted by Gasteiger charge is -2.36. The number of piperidine rings is 1. The van der Waals surface area contributed by atoms with Gasteiger partial charge in [-0.25, -0.2) is 9.31 Å².